The summed E-state index contributed by atoms with van der Waals surface area (Å²) in [4.78, 5) is 10.4. The Morgan fingerprint density at radius 2 is 1.30 bits per heavy atom. The van der Waals surface area contributed by atoms with Crippen molar-refractivity contribution in [3.8, 4) is 11.5 Å². The molecule has 1 saturated heterocycles. The summed E-state index contributed by atoms with van der Waals surface area (Å²) in [7, 11) is 0. The summed E-state index contributed by atoms with van der Waals surface area (Å²) >= 11 is 8.39. The summed E-state index contributed by atoms with van der Waals surface area (Å²) in [5.41, 5.74) is 1.14. The lowest BCUT2D eigenvalue weighted by molar-refractivity contribution is 0.112. The molecule has 0 bridgehead atoms. The van der Waals surface area contributed by atoms with Crippen LogP contribution in [0.4, 0.5) is 0 Å². The van der Waals surface area contributed by atoms with Gasteiger partial charge in [-0.1, -0.05) is 12.7 Å². The second-order valence-electron chi connectivity index (χ2n) is 5.29. The van der Waals surface area contributed by atoms with Crippen LogP contribution in [0.15, 0.2) is 30.8 Å². The highest BCUT2D eigenvalue weighted by molar-refractivity contribution is 14.1. The number of phenolic OH excluding ortho intramolecular Hbond substituents is 2. The minimum Gasteiger partial charge on any atom is -0.506 e. The van der Waals surface area contributed by atoms with Gasteiger partial charge in [-0.05, 0) is 127 Å². The average Bonchev–Trinajstić information content (AvgIpc) is 3.21. The van der Waals surface area contributed by atoms with Crippen LogP contribution in [0.5, 0.6) is 11.5 Å². The predicted octanol–water partition coefficient (Wildman–Crippen LogP) is 6.46. The maximum atomic E-state index is 10.4. The molecule has 1 aliphatic rings. The minimum atomic E-state index is 0.0704. The summed E-state index contributed by atoms with van der Waals surface area (Å²) in [5, 5.41) is 18.7. The largest absolute Gasteiger partial charge is 0.506 e. The van der Waals surface area contributed by atoms with Gasteiger partial charge in [-0.2, -0.15) is 0 Å². The Kier molecular flexibility index (Phi) is 12.7. The van der Waals surface area contributed by atoms with Crippen molar-refractivity contribution in [1.82, 2.24) is 0 Å². The van der Waals surface area contributed by atoms with Gasteiger partial charge < -0.3 is 14.9 Å². The third-order valence-corrected chi connectivity index (χ3v) is 6.18. The summed E-state index contributed by atoms with van der Waals surface area (Å²) in [6.45, 7) is 5.61. The van der Waals surface area contributed by atoms with E-state index in [9.17, 15) is 15.0 Å². The standard InChI is InChI=1S/C8H6I2O.C7H4I2O2.C4H8O/c1-2-5-3-6(9)4-7(10)8(5)11;8-5-1-4(3-10)7(11)6(9)2-5;1-2-4-5-3-1/h2-4,11H,1H2;1-3,11H;1-4H2. The number of benzene rings is 2. The molecule has 0 radical (unpaired) electrons. The number of halogens is 4. The summed E-state index contributed by atoms with van der Waals surface area (Å²) < 4.78 is 8.58. The summed E-state index contributed by atoms with van der Waals surface area (Å²) in [6, 6.07) is 7.27. The van der Waals surface area contributed by atoms with Gasteiger partial charge in [-0.3, -0.25) is 4.79 Å². The van der Waals surface area contributed by atoms with Gasteiger partial charge in [-0.15, -0.1) is 0 Å². The third kappa shape index (κ3) is 9.12. The van der Waals surface area contributed by atoms with Crippen molar-refractivity contribution < 1.29 is 19.7 Å². The highest BCUT2D eigenvalue weighted by Crippen LogP contribution is 2.27. The van der Waals surface area contributed by atoms with Crippen molar-refractivity contribution in [2.45, 2.75) is 12.8 Å². The summed E-state index contributed by atoms with van der Waals surface area (Å²) in [6.07, 6.45) is 4.86. The van der Waals surface area contributed by atoms with Crippen LogP contribution < -0.4 is 0 Å². The lowest BCUT2D eigenvalue weighted by Crippen LogP contribution is -1.86. The number of rotatable bonds is 2. The predicted molar refractivity (Wildman–Crippen MR) is 143 cm³/mol. The maximum absolute atomic E-state index is 10.4. The fourth-order valence-electron chi connectivity index (χ4n) is 1.93. The molecule has 0 spiro atoms. The Bertz CT molecular complexity index is 721. The highest BCUT2D eigenvalue weighted by Gasteiger charge is 2.05. The van der Waals surface area contributed by atoms with E-state index in [1.54, 1.807) is 12.1 Å². The lowest BCUT2D eigenvalue weighted by atomic mass is 10.2. The molecule has 146 valence electrons. The number of phenols is 2. The first-order valence-electron chi connectivity index (χ1n) is 7.81. The topological polar surface area (TPSA) is 66.8 Å². The fourth-order valence-corrected chi connectivity index (χ4v) is 5.71. The zero-order valence-corrected chi connectivity index (χ0v) is 22.9. The number of aromatic hydroxyl groups is 2. The quantitative estimate of drug-likeness (QED) is 0.270. The first-order valence-corrected chi connectivity index (χ1v) is 12.1. The number of carbonyl (C=O) groups is 1. The Labute approximate surface area is 213 Å². The van der Waals surface area contributed by atoms with Crippen LogP contribution in [0.2, 0.25) is 0 Å². The molecule has 0 aliphatic carbocycles. The second-order valence-corrected chi connectivity index (χ2v) is 10.1. The van der Waals surface area contributed by atoms with Gasteiger partial charge in [0.1, 0.15) is 11.5 Å². The van der Waals surface area contributed by atoms with E-state index in [1.165, 1.54) is 12.8 Å². The number of aldehydes is 1. The molecule has 2 aromatic rings. The molecule has 2 N–H and O–H groups in total. The van der Waals surface area contributed by atoms with Crippen molar-refractivity contribution in [3.05, 3.63) is 56.3 Å². The van der Waals surface area contributed by atoms with Crippen molar-refractivity contribution in [2.24, 2.45) is 0 Å². The van der Waals surface area contributed by atoms with E-state index in [0.29, 0.717) is 21.2 Å². The molecule has 4 nitrogen and oxygen atoms in total. The van der Waals surface area contributed by atoms with Crippen molar-refractivity contribution >= 4 is 103 Å². The van der Waals surface area contributed by atoms with E-state index in [0.717, 1.165) is 29.5 Å². The normalized spacial score (nSPS) is 12.3. The number of hydrogen-bond acceptors (Lipinski definition) is 4. The zero-order valence-electron chi connectivity index (χ0n) is 14.2. The van der Waals surface area contributed by atoms with Crippen LogP contribution in [0, 0.1) is 14.3 Å². The Morgan fingerprint density at radius 3 is 1.67 bits per heavy atom. The molecule has 1 fully saturated rings. The monoisotopic (exact) mass is 818 g/mol. The van der Waals surface area contributed by atoms with Crippen LogP contribution in [-0.4, -0.2) is 29.7 Å². The van der Waals surface area contributed by atoms with E-state index in [4.69, 9.17) is 4.74 Å². The Balaban J connectivity index is 0.000000216. The molecule has 8 heteroatoms. The SMILES string of the molecule is C1CCOC1.C=Cc1cc(I)cc(I)c1O.O=Cc1cc(I)cc(I)c1O. The fraction of sp³-hybridized carbons (Fsp3) is 0.211. The number of hydrogen-bond donors (Lipinski definition) is 2. The molecular formula is C19H18I4O4. The van der Waals surface area contributed by atoms with Gasteiger partial charge in [0.2, 0.25) is 0 Å². The zero-order chi connectivity index (χ0) is 20.4. The molecule has 0 unspecified atom stereocenters. The second kappa shape index (κ2) is 13.5. The molecule has 0 aromatic heterocycles. The van der Waals surface area contributed by atoms with Crippen molar-refractivity contribution in [2.75, 3.05) is 13.2 Å². The molecule has 0 amide bonds. The average molecular weight is 818 g/mol. The molecule has 1 heterocycles. The van der Waals surface area contributed by atoms with E-state index in [-0.39, 0.29) is 5.75 Å². The van der Waals surface area contributed by atoms with Gasteiger partial charge in [0, 0.05) is 25.9 Å². The van der Waals surface area contributed by atoms with Crippen LogP contribution in [0.25, 0.3) is 6.08 Å². The first-order chi connectivity index (χ1) is 12.8. The Hall–Kier alpha value is 0.330. The number of carbonyl (C=O) groups excluding carboxylic acids is 1. The lowest BCUT2D eigenvalue weighted by Gasteiger charge is -2.01. The third-order valence-electron chi connectivity index (χ3n) is 3.29. The maximum Gasteiger partial charge on any atom is 0.153 e. The first kappa shape index (κ1) is 25.4. The molecule has 0 saturated carbocycles. The molecule has 2 aromatic carbocycles. The molecule has 1 aliphatic heterocycles. The Morgan fingerprint density at radius 1 is 0.852 bits per heavy atom. The molecule has 27 heavy (non-hydrogen) atoms. The van der Waals surface area contributed by atoms with Crippen LogP contribution in [-0.2, 0) is 4.74 Å². The molecule has 0 atom stereocenters. The highest BCUT2D eigenvalue weighted by atomic mass is 127. The van der Waals surface area contributed by atoms with E-state index in [1.807, 2.05) is 40.8 Å². The van der Waals surface area contributed by atoms with E-state index in [2.05, 4.69) is 74.4 Å². The van der Waals surface area contributed by atoms with Gasteiger partial charge in [0.05, 0.1) is 12.7 Å². The van der Waals surface area contributed by atoms with Gasteiger partial charge >= 0.3 is 0 Å². The van der Waals surface area contributed by atoms with Crippen LogP contribution >= 0.6 is 90.4 Å². The number of ether oxygens (including phenoxy) is 1. The van der Waals surface area contributed by atoms with Crippen molar-refractivity contribution in [1.29, 1.82) is 0 Å². The van der Waals surface area contributed by atoms with Gasteiger partial charge in [0.25, 0.3) is 0 Å². The molecular weight excluding hydrogens is 800 g/mol. The summed E-state index contributed by atoms with van der Waals surface area (Å²) in [5.74, 6) is 0.391. The van der Waals surface area contributed by atoms with Crippen LogP contribution in [0.1, 0.15) is 28.8 Å². The van der Waals surface area contributed by atoms with Crippen molar-refractivity contribution in [3.63, 3.8) is 0 Å². The molecule has 3 rings (SSSR count). The van der Waals surface area contributed by atoms with Gasteiger partial charge in [0.15, 0.2) is 6.29 Å². The smallest absolute Gasteiger partial charge is 0.153 e. The van der Waals surface area contributed by atoms with Crippen LogP contribution in [0.3, 0.4) is 0 Å². The van der Waals surface area contributed by atoms with E-state index >= 15 is 0 Å². The minimum absolute atomic E-state index is 0.0704. The van der Waals surface area contributed by atoms with Gasteiger partial charge in [-0.25, -0.2) is 0 Å². The van der Waals surface area contributed by atoms with E-state index < -0.39 is 0 Å².